The van der Waals surface area contributed by atoms with E-state index in [0.717, 1.165) is 22.4 Å². The lowest BCUT2D eigenvalue weighted by Gasteiger charge is -2.09. The zero-order valence-electron chi connectivity index (χ0n) is 16.7. The van der Waals surface area contributed by atoms with Crippen LogP contribution in [0, 0.1) is 0 Å². The van der Waals surface area contributed by atoms with Crippen LogP contribution in [0.5, 0.6) is 16.7 Å². The number of aromatic nitrogens is 1. The van der Waals surface area contributed by atoms with E-state index >= 15 is 0 Å². The topological polar surface area (TPSA) is 77.5 Å². The Balaban J connectivity index is 1.39. The van der Waals surface area contributed by atoms with Gasteiger partial charge in [-0.2, -0.15) is 0 Å². The predicted octanol–water partition coefficient (Wildman–Crippen LogP) is 5.09. The van der Waals surface area contributed by atoms with E-state index in [4.69, 9.17) is 9.47 Å². The monoisotopic (exact) mass is 452 g/mol. The van der Waals surface area contributed by atoms with E-state index in [9.17, 15) is 8.42 Å². The van der Waals surface area contributed by atoms with Crippen molar-refractivity contribution in [3.05, 3.63) is 89.9 Å². The third-order valence-electron chi connectivity index (χ3n) is 4.59. The lowest BCUT2D eigenvalue weighted by atomic mass is 10.1. The van der Waals surface area contributed by atoms with Crippen molar-refractivity contribution in [1.29, 1.82) is 0 Å². The van der Waals surface area contributed by atoms with Gasteiger partial charge in [-0.3, -0.25) is 0 Å². The van der Waals surface area contributed by atoms with E-state index in [-0.39, 0.29) is 11.4 Å². The van der Waals surface area contributed by atoms with Crippen LogP contribution in [0.4, 0.5) is 0 Å². The van der Waals surface area contributed by atoms with Crippen molar-refractivity contribution in [3.8, 4) is 27.8 Å². The van der Waals surface area contributed by atoms with Crippen molar-refractivity contribution in [2.24, 2.45) is 0 Å². The van der Waals surface area contributed by atoms with Crippen molar-refractivity contribution in [3.63, 3.8) is 0 Å². The van der Waals surface area contributed by atoms with Crippen molar-refractivity contribution in [2.75, 3.05) is 7.11 Å². The summed E-state index contributed by atoms with van der Waals surface area (Å²) >= 11 is 1.40. The van der Waals surface area contributed by atoms with Gasteiger partial charge in [0.25, 0.3) is 5.19 Å². The molecule has 8 heteroatoms. The molecule has 0 atom stereocenters. The molecular formula is C23H20N2O4S2. The first kappa shape index (κ1) is 21.0. The van der Waals surface area contributed by atoms with Gasteiger partial charge < -0.3 is 9.47 Å². The molecule has 0 fully saturated rings. The Morgan fingerprint density at radius 1 is 0.871 bits per heavy atom. The van der Waals surface area contributed by atoms with E-state index in [2.05, 4.69) is 9.71 Å². The summed E-state index contributed by atoms with van der Waals surface area (Å²) in [5, 5.41) is 2.40. The maximum atomic E-state index is 12.7. The highest BCUT2D eigenvalue weighted by molar-refractivity contribution is 7.89. The lowest BCUT2D eigenvalue weighted by Crippen LogP contribution is -2.23. The van der Waals surface area contributed by atoms with E-state index in [0.29, 0.717) is 10.9 Å². The van der Waals surface area contributed by atoms with Gasteiger partial charge in [0.05, 0.1) is 12.0 Å². The third kappa shape index (κ3) is 5.29. The molecule has 0 unspecified atom stereocenters. The normalized spacial score (nSPS) is 11.3. The first-order chi connectivity index (χ1) is 15.0. The number of methoxy groups -OCH3 is 1. The third-order valence-corrected chi connectivity index (χ3v) is 6.66. The number of benzene rings is 3. The van der Waals surface area contributed by atoms with Crippen molar-refractivity contribution < 1.29 is 17.9 Å². The second-order valence-corrected chi connectivity index (χ2v) is 9.25. The first-order valence-electron chi connectivity index (χ1n) is 9.44. The average molecular weight is 453 g/mol. The maximum absolute atomic E-state index is 12.7. The number of ether oxygens (including phenoxy) is 2. The molecule has 4 rings (SSSR count). The van der Waals surface area contributed by atoms with Gasteiger partial charge in [0.2, 0.25) is 10.0 Å². The number of nitrogens with one attached hydrogen (secondary N) is 1. The second-order valence-electron chi connectivity index (χ2n) is 6.62. The Morgan fingerprint density at radius 2 is 1.48 bits per heavy atom. The molecular weight excluding hydrogens is 432 g/mol. The summed E-state index contributed by atoms with van der Waals surface area (Å²) in [6.07, 6.45) is 1.67. The Labute approximate surface area is 185 Å². The zero-order valence-corrected chi connectivity index (χ0v) is 18.3. The second kappa shape index (κ2) is 9.30. The molecule has 4 aromatic rings. The maximum Gasteiger partial charge on any atom is 0.278 e. The summed E-state index contributed by atoms with van der Waals surface area (Å²) in [5.41, 5.74) is 2.74. The standard InChI is InChI=1S/C23H20N2O4S2/c1-28-20-10-4-18(5-11-20)19-6-12-22(13-7-19)31(26,27)25-16-17-2-8-21(9-3-17)29-23-24-14-15-30-23/h2-15,25H,16H2,1H3. The molecule has 6 nitrogen and oxygen atoms in total. The van der Waals surface area contributed by atoms with E-state index < -0.39 is 10.0 Å². The van der Waals surface area contributed by atoms with Crippen LogP contribution < -0.4 is 14.2 Å². The van der Waals surface area contributed by atoms with Crippen LogP contribution in [-0.4, -0.2) is 20.5 Å². The van der Waals surface area contributed by atoms with Crippen molar-refractivity contribution in [2.45, 2.75) is 11.4 Å². The molecule has 0 saturated heterocycles. The summed E-state index contributed by atoms with van der Waals surface area (Å²) in [6.45, 7) is 0.181. The molecule has 158 valence electrons. The predicted molar refractivity (Wildman–Crippen MR) is 121 cm³/mol. The number of hydrogen-bond acceptors (Lipinski definition) is 6. The molecule has 0 radical (unpaired) electrons. The van der Waals surface area contributed by atoms with Crippen LogP contribution in [0.1, 0.15) is 5.56 Å². The SMILES string of the molecule is COc1ccc(-c2ccc(S(=O)(=O)NCc3ccc(Oc4nccs4)cc3)cc2)cc1. The molecule has 0 amide bonds. The van der Waals surface area contributed by atoms with Crippen LogP contribution in [0.25, 0.3) is 11.1 Å². The van der Waals surface area contributed by atoms with Gasteiger partial charge in [-0.15, -0.1) is 0 Å². The molecule has 0 aliphatic rings. The number of sulfonamides is 1. The van der Waals surface area contributed by atoms with Gasteiger partial charge in [0.15, 0.2) is 0 Å². The van der Waals surface area contributed by atoms with Crippen LogP contribution in [-0.2, 0) is 16.6 Å². The minimum Gasteiger partial charge on any atom is -0.497 e. The molecule has 0 bridgehead atoms. The van der Waals surface area contributed by atoms with Gasteiger partial charge in [-0.25, -0.2) is 18.1 Å². The van der Waals surface area contributed by atoms with E-state index in [1.807, 2.05) is 41.8 Å². The van der Waals surface area contributed by atoms with Crippen LogP contribution >= 0.6 is 11.3 Å². The van der Waals surface area contributed by atoms with E-state index in [1.165, 1.54) is 11.3 Å². The quantitative estimate of drug-likeness (QED) is 0.403. The van der Waals surface area contributed by atoms with Gasteiger partial charge in [-0.05, 0) is 53.1 Å². The fraction of sp³-hybridized carbons (Fsp3) is 0.0870. The van der Waals surface area contributed by atoms with Crippen LogP contribution in [0.2, 0.25) is 0 Å². The van der Waals surface area contributed by atoms with Crippen molar-refractivity contribution in [1.82, 2.24) is 9.71 Å². The highest BCUT2D eigenvalue weighted by Crippen LogP contribution is 2.25. The van der Waals surface area contributed by atoms with Crippen LogP contribution in [0.3, 0.4) is 0 Å². The van der Waals surface area contributed by atoms with Gasteiger partial charge in [0, 0.05) is 18.1 Å². The summed E-state index contributed by atoms with van der Waals surface area (Å²) in [6, 6.07) is 21.6. The minimum atomic E-state index is -3.63. The first-order valence-corrected chi connectivity index (χ1v) is 11.8. The number of rotatable bonds is 8. The molecule has 1 heterocycles. The van der Waals surface area contributed by atoms with Gasteiger partial charge >= 0.3 is 0 Å². The lowest BCUT2D eigenvalue weighted by molar-refractivity contribution is 0.415. The number of hydrogen-bond donors (Lipinski definition) is 1. The van der Waals surface area contributed by atoms with Crippen molar-refractivity contribution >= 4 is 21.4 Å². The average Bonchev–Trinajstić information content (AvgIpc) is 3.32. The fourth-order valence-electron chi connectivity index (χ4n) is 2.91. The summed E-state index contributed by atoms with van der Waals surface area (Å²) in [4.78, 5) is 4.28. The molecule has 1 aromatic heterocycles. The number of thiazole rings is 1. The fourth-order valence-corrected chi connectivity index (χ4v) is 4.43. The minimum absolute atomic E-state index is 0.181. The summed E-state index contributed by atoms with van der Waals surface area (Å²) < 4.78 is 38.7. The molecule has 0 aliphatic carbocycles. The molecule has 0 spiro atoms. The molecule has 0 saturated carbocycles. The van der Waals surface area contributed by atoms with Crippen LogP contribution in [0.15, 0.2) is 89.3 Å². The molecule has 1 N–H and O–H groups in total. The van der Waals surface area contributed by atoms with Gasteiger partial charge in [0.1, 0.15) is 11.5 Å². The smallest absolute Gasteiger partial charge is 0.278 e. The molecule has 0 aliphatic heterocycles. The highest BCUT2D eigenvalue weighted by Gasteiger charge is 2.14. The Bertz CT molecular complexity index is 1220. The highest BCUT2D eigenvalue weighted by atomic mass is 32.2. The van der Waals surface area contributed by atoms with Gasteiger partial charge in [-0.1, -0.05) is 47.7 Å². The Kier molecular flexibility index (Phi) is 6.31. The molecule has 31 heavy (non-hydrogen) atoms. The zero-order chi connectivity index (χ0) is 21.7. The Morgan fingerprint density at radius 3 is 2.06 bits per heavy atom. The van der Waals surface area contributed by atoms with E-state index in [1.54, 1.807) is 49.7 Å². The Hall–Kier alpha value is -3.20. The largest absolute Gasteiger partial charge is 0.497 e. The summed E-state index contributed by atoms with van der Waals surface area (Å²) in [7, 11) is -2.01. The number of nitrogens with zero attached hydrogens (tertiary/aromatic N) is 1. The summed E-state index contributed by atoms with van der Waals surface area (Å²) in [5.74, 6) is 1.42. The molecule has 3 aromatic carbocycles.